The van der Waals surface area contributed by atoms with Gasteiger partial charge in [0, 0.05) is 25.2 Å². The Morgan fingerprint density at radius 3 is 2.75 bits per heavy atom. The van der Waals surface area contributed by atoms with Crippen molar-refractivity contribution >= 4 is 11.6 Å². The topological polar surface area (TPSA) is 34.4 Å². The largest absolute Gasteiger partial charge is 0.456 e. The second-order valence-electron chi connectivity index (χ2n) is 3.21. The minimum absolute atomic E-state index is 0.124. The van der Waals surface area contributed by atoms with Gasteiger partial charge in [0.2, 0.25) is 0 Å². The maximum atomic E-state index is 5.59. The molecule has 1 N–H and O–H groups in total. The van der Waals surface area contributed by atoms with Crippen LogP contribution in [0.1, 0.15) is 6.92 Å². The molecule has 0 radical (unpaired) electrons. The Balaban J connectivity index is 2.03. The predicted octanol–water partition coefficient (Wildman–Crippen LogP) is 1.67. The van der Waals surface area contributed by atoms with Crippen molar-refractivity contribution in [1.29, 1.82) is 0 Å². The molecule has 1 saturated heterocycles. The Morgan fingerprint density at radius 2 is 2.33 bits per heavy atom. The average molecular weight is 188 g/mol. The molecule has 0 spiro atoms. The van der Waals surface area contributed by atoms with Gasteiger partial charge in [-0.25, -0.2) is 0 Å². The van der Waals surface area contributed by atoms with Crippen molar-refractivity contribution in [3.05, 3.63) is 17.4 Å². The third kappa shape index (κ3) is 1.42. The van der Waals surface area contributed by atoms with Gasteiger partial charge in [0.15, 0.2) is 5.22 Å². The Kier molecular flexibility index (Phi) is 1.77. The number of halogens is 1. The minimum atomic E-state index is -0.124. The third-order valence-electron chi connectivity index (χ3n) is 1.89. The van der Waals surface area contributed by atoms with Gasteiger partial charge in [-0.15, -0.1) is 0 Å². The Bertz CT molecular complexity index is 280. The Hall–Kier alpha value is -0.670. The highest BCUT2D eigenvalue weighted by Crippen LogP contribution is 2.25. The van der Waals surface area contributed by atoms with Crippen molar-refractivity contribution in [1.82, 2.24) is 5.32 Å². The summed E-state index contributed by atoms with van der Waals surface area (Å²) < 4.78 is 10.6. The van der Waals surface area contributed by atoms with Crippen molar-refractivity contribution in [2.45, 2.75) is 12.5 Å². The van der Waals surface area contributed by atoms with Crippen molar-refractivity contribution in [3.8, 4) is 5.95 Å². The molecule has 1 fully saturated rings. The van der Waals surface area contributed by atoms with E-state index in [0.717, 1.165) is 13.1 Å². The fourth-order valence-electron chi connectivity index (χ4n) is 1.14. The molecule has 0 atom stereocenters. The van der Waals surface area contributed by atoms with E-state index in [2.05, 4.69) is 5.32 Å². The average Bonchev–Trinajstić information content (AvgIpc) is 2.32. The van der Waals surface area contributed by atoms with Gasteiger partial charge in [0.25, 0.3) is 5.95 Å². The number of furan rings is 1. The van der Waals surface area contributed by atoms with Gasteiger partial charge in [0.1, 0.15) is 5.60 Å². The quantitative estimate of drug-likeness (QED) is 0.765. The molecule has 0 bridgehead atoms. The zero-order chi connectivity index (χ0) is 8.60. The molecule has 0 aliphatic carbocycles. The van der Waals surface area contributed by atoms with Crippen LogP contribution in [0.15, 0.2) is 16.5 Å². The fraction of sp³-hybridized carbons (Fsp3) is 0.500. The molecular formula is C8H10ClNO2. The van der Waals surface area contributed by atoms with E-state index in [1.165, 1.54) is 0 Å². The minimum Gasteiger partial charge on any atom is -0.456 e. The normalized spacial score (nSPS) is 20.2. The van der Waals surface area contributed by atoms with E-state index in [4.69, 9.17) is 20.8 Å². The van der Waals surface area contributed by atoms with Gasteiger partial charge in [-0.2, -0.15) is 0 Å². The van der Waals surface area contributed by atoms with Crippen LogP contribution in [0, 0.1) is 0 Å². The number of rotatable bonds is 2. The van der Waals surface area contributed by atoms with Gasteiger partial charge in [-0.1, -0.05) is 0 Å². The van der Waals surface area contributed by atoms with Crippen LogP contribution in [0.4, 0.5) is 0 Å². The molecule has 1 aliphatic heterocycles. The first-order valence-electron chi connectivity index (χ1n) is 3.83. The lowest BCUT2D eigenvalue weighted by atomic mass is 10.0. The molecule has 1 aliphatic rings. The van der Waals surface area contributed by atoms with Gasteiger partial charge < -0.3 is 14.5 Å². The summed E-state index contributed by atoms with van der Waals surface area (Å²) in [6.45, 7) is 3.73. The van der Waals surface area contributed by atoms with Crippen LogP contribution < -0.4 is 10.1 Å². The highest BCUT2D eigenvalue weighted by Gasteiger charge is 2.34. The lowest BCUT2D eigenvalue weighted by molar-refractivity contribution is 0.0134. The number of hydrogen-bond donors (Lipinski definition) is 1. The van der Waals surface area contributed by atoms with E-state index in [-0.39, 0.29) is 5.60 Å². The summed E-state index contributed by atoms with van der Waals surface area (Å²) >= 11 is 5.59. The monoisotopic (exact) mass is 187 g/mol. The second kappa shape index (κ2) is 2.68. The van der Waals surface area contributed by atoms with Gasteiger partial charge in [-0.05, 0) is 18.5 Å². The van der Waals surface area contributed by atoms with Crippen LogP contribution >= 0.6 is 11.6 Å². The van der Waals surface area contributed by atoms with Gasteiger partial charge in [-0.3, -0.25) is 0 Å². The first-order valence-corrected chi connectivity index (χ1v) is 4.21. The molecule has 0 amide bonds. The van der Waals surface area contributed by atoms with Crippen LogP contribution in [-0.2, 0) is 0 Å². The van der Waals surface area contributed by atoms with E-state index in [9.17, 15) is 0 Å². The maximum absolute atomic E-state index is 5.59. The van der Waals surface area contributed by atoms with E-state index >= 15 is 0 Å². The number of hydrogen-bond acceptors (Lipinski definition) is 3. The van der Waals surface area contributed by atoms with E-state index < -0.39 is 0 Å². The molecule has 0 unspecified atom stereocenters. The van der Waals surface area contributed by atoms with Crippen LogP contribution in [0.25, 0.3) is 0 Å². The molecule has 0 saturated carbocycles. The molecule has 66 valence electrons. The zero-order valence-corrected chi connectivity index (χ0v) is 7.52. The molecule has 4 heteroatoms. The third-order valence-corrected chi connectivity index (χ3v) is 2.10. The predicted molar refractivity (Wildman–Crippen MR) is 45.6 cm³/mol. The molecule has 1 aromatic heterocycles. The van der Waals surface area contributed by atoms with Crippen LogP contribution in [-0.4, -0.2) is 18.7 Å². The molecule has 1 aromatic rings. The summed E-state index contributed by atoms with van der Waals surface area (Å²) in [6, 6.07) is 3.40. The SMILES string of the molecule is CC1(Oc2ccc(Cl)o2)CNC1. The summed E-state index contributed by atoms with van der Waals surface area (Å²) in [6.07, 6.45) is 0. The van der Waals surface area contributed by atoms with Gasteiger partial charge >= 0.3 is 0 Å². The summed E-state index contributed by atoms with van der Waals surface area (Å²) in [5.41, 5.74) is -0.124. The zero-order valence-electron chi connectivity index (χ0n) is 6.76. The Morgan fingerprint density at radius 1 is 1.58 bits per heavy atom. The van der Waals surface area contributed by atoms with Crippen molar-refractivity contribution in [2.24, 2.45) is 0 Å². The van der Waals surface area contributed by atoms with Crippen LogP contribution in [0.3, 0.4) is 0 Å². The van der Waals surface area contributed by atoms with Crippen molar-refractivity contribution < 1.29 is 9.15 Å². The molecule has 0 aromatic carbocycles. The summed E-state index contributed by atoms with van der Waals surface area (Å²) in [7, 11) is 0. The van der Waals surface area contributed by atoms with E-state index in [1.807, 2.05) is 6.92 Å². The first kappa shape index (κ1) is 7.95. The molecular weight excluding hydrogens is 178 g/mol. The highest BCUT2D eigenvalue weighted by molar-refractivity contribution is 6.28. The van der Waals surface area contributed by atoms with Crippen molar-refractivity contribution in [3.63, 3.8) is 0 Å². The lowest BCUT2D eigenvalue weighted by Gasteiger charge is -2.38. The molecule has 3 nitrogen and oxygen atoms in total. The standard InChI is InChI=1S/C8H10ClNO2/c1-8(4-10-5-8)12-7-3-2-6(9)11-7/h2-3,10H,4-5H2,1H3. The Labute approximate surface area is 75.6 Å². The summed E-state index contributed by atoms with van der Waals surface area (Å²) in [5, 5.41) is 3.49. The molecule has 2 rings (SSSR count). The summed E-state index contributed by atoms with van der Waals surface area (Å²) in [5.74, 6) is 0.490. The first-order chi connectivity index (χ1) is 5.68. The second-order valence-corrected chi connectivity index (χ2v) is 3.59. The lowest BCUT2D eigenvalue weighted by Crippen LogP contribution is -2.60. The number of ether oxygens (including phenoxy) is 1. The van der Waals surface area contributed by atoms with Crippen LogP contribution in [0.5, 0.6) is 5.95 Å². The molecule has 2 heterocycles. The van der Waals surface area contributed by atoms with Gasteiger partial charge in [0.05, 0.1) is 0 Å². The van der Waals surface area contributed by atoms with Crippen molar-refractivity contribution in [2.75, 3.05) is 13.1 Å². The molecule has 12 heavy (non-hydrogen) atoms. The smallest absolute Gasteiger partial charge is 0.286 e. The highest BCUT2D eigenvalue weighted by atomic mass is 35.5. The fourth-order valence-corrected chi connectivity index (χ4v) is 1.28. The maximum Gasteiger partial charge on any atom is 0.286 e. The van der Waals surface area contributed by atoms with E-state index in [1.54, 1.807) is 12.1 Å². The van der Waals surface area contributed by atoms with Crippen LogP contribution in [0.2, 0.25) is 5.22 Å². The number of nitrogens with one attached hydrogen (secondary N) is 1. The summed E-state index contributed by atoms with van der Waals surface area (Å²) in [4.78, 5) is 0. The van der Waals surface area contributed by atoms with E-state index in [0.29, 0.717) is 11.2 Å².